The quantitative estimate of drug-likeness (QED) is 0.852. The van der Waals surface area contributed by atoms with Crippen LogP contribution in [-0.2, 0) is 0 Å². The normalized spacial score (nSPS) is 19.6. The Bertz CT molecular complexity index is 296. The number of amides is 1. The van der Waals surface area contributed by atoms with Gasteiger partial charge in [-0.2, -0.15) is 11.3 Å². The molecule has 0 saturated carbocycles. The fraction of sp³-hybridized carbons (Fsp3) is 0.500. The van der Waals surface area contributed by atoms with Gasteiger partial charge in [0.25, 0.3) is 5.91 Å². The summed E-state index contributed by atoms with van der Waals surface area (Å²) in [5, 5.41) is 10.1. The first-order valence-electron chi connectivity index (χ1n) is 4.90. The van der Waals surface area contributed by atoms with Gasteiger partial charge in [0.05, 0.1) is 0 Å². The number of hydrogen-bond donors (Lipinski definition) is 2. The van der Waals surface area contributed by atoms with E-state index in [-0.39, 0.29) is 18.3 Å². The van der Waals surface area contributed by atoms with Crippen LogP contribution >= 0.6 is 23.7 Å². The number of nitrogens with one attached hydrogen (secondary N) is 2. The van der Waals surface area contributed by atoms with E-state index in [1.54, 1.807) is 11.3 Å². The maximum atomic E-state index is 11.5. The summed E-state index contributed by atoms with van der Waals surface area (Å²) in [6, 6.07) is 2.32. The number of halogens is 1. The van der Waals surface area contributed by atoms with Crippen molar-refractivity contribution in [2.45, 2.75) is 18.9 Å². The Morgan fingerprint density at radius 1 is 1.67 bits per heavy atom. The third-order valence-corrected chi connectivity index (χ3v) is 3.14. The van der Waals surface area contributed by atoms with Crippen molar-refractivity contribution < 1.29 is 4.79 Å². The molecule has 1 aliphatic rings. The van der Waals surface area contributed by atoms with E-state index in [1.807, 2.05) is 16.8 Å². The summed E-state index contributed by atoms with van der Waals surface area (Å²) in [5.74, 6) is 0.0416. The zero-order chi connectivity index (χ0) is 9.80. The third-order valence-electron chi connectivity index (χ3n) is 2.45. The first kappa shape index (κ1) is 12.5. The molecule has 0 bridgehead atoms. The molecular formula is C10H15ClN2OS. The Hall–Kier alpha value is -0.580. The van der Waals surface area contributed by atoms with Gasteiger partial charge in [0.2, 0.25) is 0 Å². The molecule has 5 heteroatoms. The molecule has 1 aromatic rings. The van der Waals surface area contributed by atoms with Crippen LogP contribution in [0.2, 0.25) is 0 Å². The fourth-order valence-corrected chi connectivity index (χ4v) is 2.28. The Morgan fingerprint density at radius 3 is 3.13 bits per heavy atom. The summed E-state index contributed by atoms with van der Waals surface area (Å²) in [6.07, 6.45) is 2.39. The second-order valence-corrected chi connectivity index (χ2v) is 4.30. The molecule has 1 aliphatic heterocycles. The molecule has 0 aromatic carbocycles. The second kappa shape index (κ2) is 6.10. The fourth-order valence-electron chi connectivity index (χ4n) is 1.64. The van der Waals surface area contributed by atoms with Crippen LogP contribution in [0.5, 0.6) is 0 Å². The highest BCUT2D eigenvalue weighted by Gasteiger charge is 2.15. The first-order chi connectivity index (χ1) is 6.86. The summed E-state index contributed by atoms with van der Waals surface area (Å²) >= 11 is 1.55. The van der Waals surface area contributed by atoms with Crippen LogP contribution in [0, 0.1) is 0 Å². The lowest BCUT2D eigenvalue weighted by Crippen LogP contribution is -2.36. The monoisotopic (exact) mass is 246 g/mol. The smallest absolute Gasteiger partial charge is 0.252 e. The van der Waals surface area contributed by atoms with Gasteiger partial charge in [-0.05, 0) is 30.8 Å². The largest absolute Gasteiger partial charge is 0.350 e. The number of hydrogen-bond acceptors (Lipinski definition) is 3. The van der Waals surface area contributed by atoms with Crippen LogP contribution in [0.3, 0.4) is 0 Å². The van der Waals surface area contributed by atoms with Crippen LogP contribution in [0.25, 0.3) is 0 Å². The van der Waals surface area contributed by atoms with Crippen LogP contribution < -0.4 is 10.6 Å². The molecule has 1 atom stereocenters. The van der Waals surface area contributed by atoms with E-state index in [0.29, 0.717) is 6.04 Å². The lowest BCUT2D eigenvalue weighted by Gasteiger charge is -2.10. The molecule has 2 heterocycles. The lowest BCUT2D eigenvalue weighted by molar-refractivity contribution is 0.0951. The highest BCUT2D eigenvalue weighted by atomic mass is 35.5. The molecule has 0 spiro atoms. The van der Waals surface area contributed by atoms with Crippen molar-refractivity contribution in [3.05, 3.63) is 22.4 Å². The van der Waals surface area contributed by atoms with E-state index in [1.165, 1.54) is 12.8 Å². The summed E-state index contributed by atoms with van der Waals surface area (Å²) in [6.45, 7) is 1.83. The van der Waals surface area contributed by atoms with Crippen molar-refractivity contribution in [2.75, 3.05) is 13.1 Å². The van der Waals surface area contributed by atoms with Crippen molar-refractivity contribution >= 4 is 29.7 Å². The molecule has 84 valence electrons. The maximum absolute atomic E-state index is 11.5. The summed E-state index contributed by atoms with van der Waals surface area (Å²) in [7, 11) is 0. The number of carbonyl (C=O) groups excluding carboxylic acids is 1. The van der Waals surface area contributed by atoms with E-state index in [9.17, 15) is 4.79 Å². The van der Waals surface area contributed by atoms with E-state index in [4.69, 9.17) is 0 Å². The zero-order valence-corrected chi connectivity index (χ0v) is 10.00. The standard InChI is InChI=1S/C10H14N2OS.ClH/c13-10(8-3-5-14-7-8)12-6-9-2-1-4-11-9;/h3,5,7,9,11H,1-2,4,6H2,(H,12,13);1H. The highest BCUT2D eigenvalue weighted by molar-refractivity contribution is 7.08. The van der Waals surface area contributed by atoms with E-state index >= 15 is 0 Å². The molecule has 15 heavy (non-hydrogen) atoms. The van der Waals surface area contributed by atoms with Gasteiger partial charge in [-0.1, -0.05) is 0 Å². The van der Waals surface area contributed by atoms with E-state index < -0.39 is 0 Å². The molecule has 1 aromatic heterocycles. The van der Waals surface area contributed by atoms with E-state index in [2.05, 4.69) is 10.6 Å². The molecule has 0 radical (unpaired) electrons. The second-order valence-electron chi connectivity index (χ2n) is 3.52. The zero-order valence-electron chi connectivity index (χ0n) is 8.36. The van der Waals surface area contributed by atoms with E-state index in [0.717, 1.165) is 18.7 Å². The summed E-state index contributed by atoms with van der Waals surface area (Å²) in [4.78, 5) is 11.5. The SMILES string of the molecule is Cl.O=C(NCC1CCCN1)c1ccsc1. The van der Waals surface area contributed by atoms with Crippen LogP contribution in [0.1, 0.15) is 23.2 Å². The van der Waals surface area contributed by atoms with Crippen LogP contribution in [0.4, 0.5) is 0 Å². The van der Waals surface area contributed by atoms with Crippen molar-refractivity contribution in [3.8, 4) is 0 Å². The average molecular weight is 247 g/mol. The van der Waals surface area contributed by atoms with Crippen LogP contribution in [-0.4, -0.2) is 25.0 Å². The molecule has 2 N–H and O–H groups in total. The number of rotatable bonds is 3. The molecule has 3 nitrogen and oxygen atoms in total. The third kappa shape index (κ3) is 3.48. The van der Waals surface area contributed by atoms with Gasteiger partial charge in [0, 0.05) is 23.5 Å². The highest BCUT2D eigenvalue weighted by Crippen LogP contribution is 2.06. The predicted molar refractivity (Wildman–Crippen MR) is 64.9 cm³/mol. The van der Waals surface area contributed by atoms with Crippen molar-refractivity contribution in [1.29, 1.82) is 0 Å². The number of carbonyl (C=O) groups is 1. The van der Waals surface area contributed by atoms with Gasteiger partial charge >= 0.3 is 0 Å². The Balaban J connectivity index is 0.00000112. The van der Waals surface area contributed by atoms with Gasteiger partial charge < -0.3 is 10.6 Å². The van der Waals surface area contributed by atoms with Crippen LogP contribution in [0.15, 0.2) is 16.8 Å². The minimum absolute atomic E-state index is 0. The van der Waals surface area contributed by atoms with Crippen molar-refractivity contribution in [2.24, 2.45) is 0 Å². The van der Waals surface area contributed by atoms with Gasteiger partial charge in [-0.3, -0.25) is 4.79 Å². The van der Waals surface area contributed by atoms with Crippen molar-refractivity contribution in [1.82, 2.24) is 10.6 Å². The molecule has 1 unspecified atom stereocenters. The first-order valence-corrected chi connectivity index (χ1v) is 5.84. The molecule has 1 fully saturated rings. The Labute approximate surface area is 99.7 Å². The maximum Gasteiger partial charge on any atom is 0.252 e. The number of thiophene rings is 1. The van der Waals surface area contributed by atoms with Gasteiger partial charge in [0.15, 0.2) is 0 Å². The molecular weight excluding hydrogens is 232 g/mol. The van der Waals surface area contributed by atoms with Gasteiger partial charge in [0.1, 0.15) is 0 Å². The molecule has 1 saturated heterocycles. The minimum atomic E-state index is 0. The lowest BCUT2D eigenvalue weighted by atomic mass is 10.2. The predicted octanol–water partition coefficient (Wildman–Crippen LogP) is 1.65. The summed E-state index contributed by atoms with van der Waals surface area (Å²) < 4.78 is 0. The minimum Gasteiger partial charge on any atom is -0.350 e. The van der Waals surface area contributed by atoms with Gasteiger partial charge in [-0.15, -0.1) is 12.4 Å². The average Bonchev–Trinajstić information content (AvgIpc) is 2.87. The Kier molecular flexibility index (Phi) is 5.08. The molecule has 0 aliphatic carbocycles. The van der Waals surface area contributed by atoms with Gasteiger partial charge in [-0.25, -0.2) is 0 Å². The topological polar surface area (TPSA) is 41.1 Å². The molecule has 2 rings (SSSR count). The Morgan fingerprint density at radius 2 is 2.53 bits per heavy atom. The molecule has 1 amide bonds. The summed E-state index contributed by atoms with van der Waals surface area (Å²) in [5.41, 5.74) is 0.771. The van der Waals surface area contributed by atoms with Crippen molar-refractivity contribution in [3.63, 3.8) is 0 Å².